The van der Waals surface area contributed by atoms with Crippen molar-refractivity contribution in [1.82, 2.24) is 15.1 Å². The highest BCUT2D eigenvalue weighted by molar-refractivity contribution is 7.10. The normalized spacial score (nSPS) is 19.0. The Hall–Kier alpha value is -2.18. The Morgan fingerprint density at radius 3 is 3.08 bits per heavy atom. The molecule has 24 heavy (non-hydrogen) atoms. The fourth-order valence-electron chi connectivity index (χ4n) is 3.47. The van der Waals surface area contributed by atoms with Crippen molar-refractivity contribution in [2.24, 2.45) is 0 Å². The van der Waals surface area contributed by atoms with E-state index < -0.39 is 6.10 Å². The first-order valence-electron chi connectivity index (χ1n) is 8.19. The first kappa shape index (κ1) is 15.4. The number of aliphatic hydroxyl groups is 1. The molecule has 124 valence electrons. The largest absolute Gasteiger partial charge is 0.387 e. The highest BCUT2D eigenvalue weighted by Gasteiger charge is 2.33. The number of nitrogens with one attached hydrogen (secondary N) is 1. The predicted octanol–water partition coefficient (Wildman–Crippen LogP) is 3.35. The van der Waals surface area contributed by atoms with Gasteiger partial charge < -0.3 is 10.0 Å². The van der Waals surface area contributed by atoms with Crippen LogP contribution in [-0.4, -0.2) is 38.7 Å². The Morgan fingerprint density at radius 2 is 2.25 bits per heavy atom. The molecule has 1 aromatic carbocycles. The number of thiophene rings is 1. The van der Waals surface area contributed by atoms with Crippen molar-refractivity contribution in [3.05, 3.63) is 52.3 Å². The minimum absolute atomic E-state index is 0.0478. The lowest BCUT2D eigenvalue weighted by molar-refractivity contribution is 0.0666. The molecule has 0 aliphatic carbocycles. The summed E-state index contributed by atoms with van der Waals surface area (Å²) in [5, 5.41) is 20.4. The molecule has 0 radical (unpaired) electrons. The number of carbonyl (C=O) groups excluding carboxylic acids is 1. The number of carbonyl (C=O) groups is 1. The molecular formula is C18H19N3O2S. The van der Waals surface area contributed by atoms with Gasteiger partial charge in [0.15, 0.2) is 5.69 Å². The summed E-state index contributed by atoms with van der Waals surface area (Å²) in [5.41, 5.74) is 1.35. The lowest BCUT2D eigenvalue weighted by atomic mass is 10.1. The van der Waals surface area contributed by atoms with Gasteiger partial charge in [0, 0.05) is 22.8 Å². The van der Waals surface area contributed by atoms with Gasteiger partial charge in [-0.1, -0.05) is 24.3 Å². The molecule has 1 aliphatic heterocycles. The minimum atomic E-state index is -0.515. The van der Waals surface area contributed by atoms with Crippen LogP contribution in [0.4, 0.5) is 0 Å². The van der Waals surface area contributed by atoms with E-state index in [0.717, 1.165) is 35.2 Å². The number of H-pyrrole nitrogens is 1. The summed E-state index contributed by atoms with van der Waals surface area (Å²) in [6, 6.07) is 11.6. The second kappa shape index (κ2) is 6.37. The van der Waals surface area contributed by atoms with Crippen LogP contribution in [0.1, 0.15) is 40.7 Å². The van der Waals surface area contributed by atoms with Crippen LogP contribution in [0, 0.1) is 0 Å². The highest BCUT2D eigenvalue weighted by Crippen LogP contribution is 2.31. The zero-order valence-corrected chi connectivity index (χ0v) is 14.0. The van der Waals surface area contributed by atoms with E-state index in [0.29, 0.717) is 12.1 Å². The Labute approximate surface area is 143 Å². The number of hydrogen-bond donors (Lipinski definition) is 2. The molecule has 0 unspecified atom stereocenters. The minimum Gasteiger partial charge on any atom is -0.387 e. The molecule has 4 rings (SSSR count). The Balaban J connectivity index is 1.55. The van der Waals surface area contributed by atoms with Gasteiger partial charge in [-0.25, -0.2) is 0 Å². The molecule has 2 aromatic heterocycles. The van der Waals surface area contributed by atoms with Crippen LogP contribution in [0.5, 0.6) is 0 Å². The maximum absolute atomic E-state index is 13.0. The van der Waals surface area contributed by atoms with Gasteiger partial charge in [-0.15, -0.1) is 11.3 Å². The van der Waals surface area contributed by atoms with Gasteiger partial charge in [0.2, 0.25) is 0 Å². The van der Waals surface area contributed by atoms with Gasteiger partial charge in [-0.05, 0) is 36.8 Å². The van der Waals surface area contributed by atoms with Crippen LogP contribution in [0.25, 0.3) is 10.9 Å². The number of aromatic nitrogens is 2. The Kier molecular flexibility index (Phi) is 4.08. The summed E-state index contributed by atoms with van der Waals surface area (Å²) >= 11 is 1.55. The van der Waals surface area contributed by atoms with Gasteiger partial charge in [-0.2, -0.15) is 5.10 Å². The van der Waals surface area contributed by atoms with Crippen LogP contribution < -0.4 is 0 Å². The lowest BCUT2D eigenvalue weighted by Crippen LogP contribution is -2.36. The number of hydrogen-bond acceptors (Lipinski definition) is 4. The van der Waals surface area contributed by atoms with E-state index in [1.165, 1.54) is 0 Å². The third-order valence-electron chi connectivity index (χ3n) is 4.68. The third kappa shape index (κ3) is 2.72. The summed E-state index contributed by atoms with van der Waals surface area (Å²) in [5.74, 6) is -0.0478. The number of fused-ring (bicyclic) bond motifs is 1. The van der Waals surface area contributed by atoms with Crippen molar-refractivity contribution in [3.63, 3.8) is 0 Å². The molecule has 3 aromatic rings. The van der Waals surface area contributed by atoms with Crippen LogP contribution in [0.15, 0.2) is 41.8 Å². The van der Waals surface area contributed by atoms with Crippen LogP contribution in [0.2, 0.25) is 0 Å². The first-order chi connectivity index (χ1) is 11.7. The van der Waals surface area contributed by atoms with Crippen molar-refractivity contribution in [2.75, 3.05) is 6.54 Å². The number of aromatic amines is 1. The van der Waals surface area contributed by atoms with Crippen LogP contribution in [-0.2, 0) is 0 Å². The summed E-state index contributed by atoms with van der Waals surface area (Å²) in [6.07, 6.45) is 1.96. The summed E-state index contributed by atoms with van der Waals surface area (Å²) in [6.45, 7) is 0.724. The number of rotatable bonds is 4. The molecule has 1 amide bonds. The smallest absolute Gasteiger partial charge is 0.275 e. The number of nitrogens with zero attached hydrogens (tertiary/aromatic N) is 2. The van der Waals surface area contributed by atoms with E-state index >= 15 is 0 Å². The summed E-state index contributed by atoms with van der Waals surface area (Å²) < 4.78 is 0. The molecule has 0 bridgehead atoms. The first-order valence-corrected chi connectivity index (χ1v) is 9.07. The van der Waals surface area contributed by atoms with Gasteiger partial charge in [0.1, 0.15) is 0 Å². The zero-order valence-electron chi connectivity index (χ0n) is 13.2. The summed E-state index contributed by atoms with van der Waals surface area (Å²) in [4.78, 5) is 15.8. The monoisotopic (exact) mass is 341 g/mol. The van der Waals surface area contributed by atoms with Crippen LogP contribution >= 0.6 is 11.3 Å². The van der Waals surface area contributed by atoms with Crippen molar-refractivity contribution < 1.29 is 9.90 Å². The molecule has 0 saturated carbocycles. The van der Waals surface area contributed by atoms with E-state index in [1.807, 2.05) is 46.7 Å². The van der Waals surface area contributed by atoms with E-state index in [1.54, 1.807) is 11.3 Å². The summed E-state index contributed by atoms with van der Waals surface area (Å²) in [7, 11) is 0. The second-order valence-corrected chi connectivity index (χ2v) is 7.16. The topological polar surface area (TPSA) is 69.2 Å². The number of para-hydroxylation sites is 1. The molecule has 0 spiro atoms. The molecular weight excluding hydrogens is 322 g/mol. The van der Waals surface area contributed by atoms with Crippen molar-refractivity contribution in [2.45, 2.75) is 31.4 Å². The maximum atomic E-state index is 13.0. The molecule has 3 heterocycles. The van der Waals surface area contributed by atoms with E-state index in [2.05, 4.69) is 10.2 Å². The molecule has 1 saturated heterocycles. The fourth-order valence-corrected chi connectivity index (χ4v) is 4.19. The average Bonchev–Trinajstić information content (AvgIpc) is 3.34. The SMILES string of the molecule is O=C(c1n[nH]c2ccccc12)N1CCC[C@@H]1C[C@H](O)c1cccs1. The predicted molar refractivity (Wildman–Crippen MR) is 94.0 cm³/mol. The second-order valence-electron chi connectivity index (χ2n) is 6.18. The van der Waals surface area contributed by atoms with Gasteiger partial charge in [0.05, 0.1) is 11.6 Å². The van der Waals surface area contributed by atoms with E-state index in [4.69, 9.17) is 0 Å². The third-order valence-corrected chi connectivity index (χ3v) is 5.65. The molecule has 6 heteroatoms. The zero-order chi connectivity index (χ0) is 16.5. The lowest BCUT2D eigenvalue weighted by Gasteiger charge is -2.25. The Bertz CT molecular complexity index is 843. The fraction of sp³-hybridized carbons (Fsp3) is 0.333. The average molecular weight is 341 g/mol. The number of benzene rings is 1. The number of likely N-dealkylation sites (tertiary alicyclic amines) is 1. The standard InChI is InChI=1S/C18H19N3O2S/c22-15(16-8-4-10-24-16)11-12-5-3-9-21(12)18(23)17-13-6-1-2-7-14(13)19-20-17/h1-2,4,6-8,10,12,15,22H,3,5,9,11H2,(H,19,20)/t12-,15+/m1/s1. The molecule has 5 nitrogen and oxygen atoms in total. The van der Waals surface area contributed by atoms with Crippen molar-refractivity contribution >= 4 is 28.1 Å². The van der Waals surface area contributed by atoms with Gasteiger partial charge >= 0.3 is 0 Å². The molecule has 2 atom stereocenters. The van der Waals surface area contributed by atoms with E-state index in [-0.39, 0.29) is 11.9 Å². The molecule has 2 N–H and O–H groups in total. The maximum Gasteiger partial charge on any atom is 0.275 e. The van der Waals surface area contributed by atoms with Crippen molar-refractivity contribution in [1.29, 1.82) is 0 Å². The van der Waals surface area contributed by atoms with Gasteiger partial charge in [-0.3, -0.25) is 9.89 Å². The van der Waals surface area contributed by atoms with Gasteiger partial charge in [0.25, 0.3) is 5.91 Å². The highest BCUT2D eigenvalue weighted by atomic mass is 32.1. The number of amides is 1. The molecule has 1 fully saturated rings. The van der Waals surface area contributed by atoms with E-state index in [9.17, 15) is 9.90 Å². The Morgan fingerprint density at radius 1 is 1.38 bits per heavy atom. The van der Waals surface area contributed by atoms with Crippen molar-refractivity contribution in [3.8, 4) is 0 Å². The molecule has 1 aliphatic rings. The quantitative estimate of drug-likeness (QED) is 0.764. The van der Waals surface area contributed by atoms with Crippen LogP contribution in [0.3, 0.4) is 0 Å². The number of aliphatic hydroxyl groups excluding tert-OH is 1.